The zero-order valence-electron chi connectivity index (χ0n) is 8.57. The zero-order valence-corrected chi connectivity index (χ0v) is 8.57. The van der Waals surface area contributed by atoms with Gasteiger partial charge in [0.25, 0.3) is 0 Å². The summed E-state index contributed by atoms with van der Waals surface area (Å²) in [6.45, 7) is 1.98. The Morgan fingerprint density at radius 3 is 2.47 bits per heavy atom. The van der Waals surface area contributed by atoms with Gasteiger partial charge in [-0.2, -0.15) is 0 Å². The molecule has 3 heteroatoms. The van der Waals surface area contributed by atoms with Gasteiger partial charge in [0, 0.05) is 6.42 Å². The molecule has 0 aliphatic carbocycles. The number of imide groups is 1. The first-order chi connectivity index (χ1) is 7.18. The molecule has 0 bridgehead atoms. The predicted octanol–water partition coefficient (Wildman–Crippen LogP) is 1.45. The molecular formula is C12H13NO2. The van der Waals surface area contributed by atoms with Gasteiger partial charge < -0.3 is 0 Å². The average molecular weight is 203 g/mol. The van der Waals surface area contributed by atoms with E-state index in [1.807, 2.05) is 37.3 Å². The maximum Gasteiger partial charge on any atom is 0.230 e. The third-order valence-corrected chi connectivity index (χ3v) is 2.93. The maximum absolute atomic E-state index is 11.5. The number of hydrogen-bond acceptors (Lipinski definition) is 2. The molecule has 3 nitrogen and oxygen atoms in total. The molecule has 0 spiro atoms. The molecule has 78 valence electrons. The summed E-state index contributed by atoms with van der Waals surface area (Å²) in [6, 6.07) is 9.80. The average Bonchev–Trinajstić information content (AvgIpc) is 2.58. The van der Waals surface area contributed by atoms with E-state index in [0.29, 0.717) is 6.42 Å². The Balaban J connectivity index is 2.18. The van der Waals surface area contributed by atoms with Crippen LogP contribution in [-0.2, 0) is 9.59 Å². The second-order valence-electron chi connectivity index (χ2n) is 3.92. The van der Waals surface area contributed by atoms with Gasteiger partial charge in [-0.3, -0.25) is 14.9 Å². The number of nitrogens with one attached hydrogen (secondary N) is 1. The molecule has 0 saturated carbocycles. The standard InChI is InChI=1S/C12H13NO2/c1-8(9-5-3-2-4-6-9)10-7-11(14)13-12(10)15/h2-6,8,10H,7H2,1H3,(H,13,14,15). The van der Waals surface area contributed by atoms with E-state index in [1.54, 1.807) is 0 Å². The molecule has 1 fully saturated rings. The molecule has 0 aromatic heterocycles. The van der Waals surface area contributed by atoms with Crippen molar-refractivity contribution in [1.29, 1.82) is 0 Å². The Morgan fingerprint density at radius 1 is 1.27 bits per heavy atom. The maximum atomic E-state index is 11.5. The Hall–Kier alpha value is -1.64. The van der Waals surface area contributed by atoms with Gasteiger partial charge in [-0.15, -0.1) is 0 Å². The van der Waals surface area contributed by atoms with Crippen molar-refractivity contribution in [3.05, 3.63) is 35.9 Å². The number of carbonyl (C=O) groups excluding carboxylic acids is 2. The highest BCUT2D eigenvalue weighted by molar-refractivity contribution is 6.03. The molecule has 0 radical (unpaired) electrons. The summed E-state index contributed by atoms with van der Waals surface area (Å²) in [5.41, 5.74) is 1.10. The third-order valence-electron chi connectivity index (χ3n) is 2.93. The van der Waals surface area contributed by atoms with Gasteiger partial charge in [0.2, 0.25) is 11.8 Å². The normalized spacial score (nSPS) is 22.6. The molecule has 15 heavy (non-hydrogen) atoms. The largest absolute Gasteiger partial charge is 0.296 e. The van der Waals surface area contributed by atoms with Gasteiger partial charge >= 0.3 is 0 Å². The van der Waals surface area contributed by atoms with E-state index in [9.17, 15) is 9.59 Å². The molecule has 2 atom stereocenters. The second kappa shape index (κ2) is 3.85. The van der Waals surface area contributed by atoms with Gasteiger partial charge in [-0.1, -0.05) is 37.3 Å². The summed E-state index contributed by atoms with van der Waals surface area (Å²) in [4.78, 5) is 22.5. The van der Waals surface area contributed by atoms with Crippen molar-refractivity contribution >= 4 is 11.8 Å². The van der Waals surface area contributed by atoms with Crippen LogP contribution in [0.1, 0.15) is 24.8 Å². The van der Waals surface area contributed by atoms with Crippen LogP contribution in [0.5, 0.6) is 0 Å². The van der Waals surface area contributed by atoms with Crippen molar-refractivity contribution in [2.24, 2.45) is 5.92 Å². The molecular weight excluding hydrogens is 190 g/mol. The number of hydrogen-bond donors (Lipinski definition) is 1. The van der Waals surface area contributed by atoms with E-state index in [2.05, 4.69) is 5.32 Å². The Labute approximate surface area is 88.5 Å². The fourth-order valence-corrected chi connectivity index (χ4v) is 1.97. The van der Waals surface area contributed by atoms with Crippen LogP contribution in [0.3, 0.4) is 0 Å². The molecule has 2 rings (SSSR count). The first kappa shape index (κ1) is 9.90. The SMILES string of the molecule is CC(c1ccccc1)C1CC(=O)NC1=O. The van der Waals surface area contributed by atoms with Gasteiger partial charge in [-0.25, -0.2) is 0 Å². The minimum absolute atomic E-state index is 0.0950. The lowest BCUT2D eigenvalue weighted by atomic mass is 9.86. The van der Waals surface area contributed by atoms with Crippen molar-refractivity contribution in [1.82, 2.24) is 5.32 Å². The predicted molar refractivity (Wildman–Crippen MR) is 56.1 cm³/mol. The van der Waals surface area contributed by atoms with Crippen molar-refractivity contribution in [2.75, 3.05) is 0 Å². The fourth-order valence-electron chi connectivity index (χ4n) is 1.97. The smallest absolute Gasteiger partial charge is 0.230 e. The first-order valence-electron chi connectivity index (χ1n) is 5.07. The Morgan fingerprint density at radius 2 is 1.93 bits per heavy atom. The highest BCUT2D eigenvalue weighted by Crippen LogP contribution is 2.29. The molecule has 1 heterocycles. The van der Waals surface area contributed by atoms with Crippen LogP contribution in [0.25, 0.3) is 0 Å². The van der Waals surface area contributed by atoms with Crippen LogP contribution in [0.2, 0.25) is 0 Å². The van der Waals surface area contributed by atoms with Crippen LogP contribution in [0.4, 0.5) is 0 Å². The number of carbonyl (C=O) groups is 2. The monoisotopic (exact) mass is 203 g/mol. The topological polar surface area (TPSA) is 46.2 Å². The second-order valence-corrected chi connectivity index (χ2v) is 3.92. The Kier molecular flexibility index (Phi) is 2.54. The fraction of sp³-hybridized carbons (Fsp3) is 0.333. The lowest BCUT2D eigenvalue weighted by Gasteiger charge is -2.15. The summed E-state index contributed by atoms with van der Waals surface area (Å²) in [5, 5.41) is 2.34. The van der Waals surface area contributed by atoms with Crippen molar-refractivity contribution < 1.29 is 9.59 Å². The van der Waals surface area contributed by atoms with Gasteiger partial charge in [0.1, 0.15) is 0 Å². The molecule has 1 aliphatic heterocycles. The number of rotatable bonds is 2. The highest BCUT2D eigenvalue weighted by atomic mass is 16.2. The van der Waals surface area contributed by atoms with E-state index >= 15 is 0 Å². The Bertz CT molecular complexity index is 386. The quantitative estimate of drug-likeness (QED) is 0.739. The van der Waals surface area contributed by atoms with E-state index in [4.69, 9.17) is 0 Å². The van der Waals surface area contributed by atoms with Crippen LogP contribution in [0, 0.1) is 5.92 Å². The van der Waals surface area contributed by atoms with Crippen LogP contribution in [0.15, 0.2) is 30.3 Å². The van der Waals surface area contributed by atoms with E-state index < -0.39 is 0 Å². The van der Waals surface area contributed by atoms with E-state index in [0.717, 1.165) is 5.56 Å². The summed E-state index contributed by atoms with van der Waals surface area (Å²) < 4.78 is 0. The summed E-state index contributed by atoms with van der Waals surface area (Å²) in [6.07, 6.45) is 0.314. The molecule has 1 aromatic carbocycles. The minimum atomic E-state index is -0.208. The molecule has 1 saturated heterocycles. The van der Waals surface area contributed by atoms with Crippen molar-refractivity contribution in [2.45, 2.75) is 19.3 Å². The minimum Gasteiger partial charge on any atom is -0.296 e. The van der Waals surface area contributed by atoms with Gasteiger partial charge in [0.05, 0.1) is 5.92 Å². The molecule has 1 N–H and O–H groups in total. The van der Waals surface area contributed by atoms with E-state index in [1.165, 1.54) is 0 Å². The molecule has 2 amide bonds. The van der Waals surface area contributed by atoms with Crippen LogP contribution >= 0.6 is 0 Å². The summed E-state index contributed by atoms with van der Waals surface area (Å²) in [5.74, 6) is -0.415. The first-order valence-corrected chi connectivity index (χ1v) is 5.07. The van der Waals surface area contributed by atoms with Crippen LogP contribution < -0.4 is 5.32 Å². The molecule has 1 aromatic rings. The van der Waals surface area contributed by atoms with E-state index in [-0.39, 0.29) is 23.7 Å². The van der Waals surface area contributed by atoms with Crippen molar-refractivity contribution in [3.8, 4) is 0 Å². The highest BCUT2D eigenvalue weighted by Gasteiger charge is 2.35. The summed E-state index contributed by atoms with van der Waals surface area (Å²) in [7, 11) is 0. The number of benzene rings is 1. The summed E-state index contributed by atoms with van der Waals surface area (Å²) >= 11 is 0. The lowest BCUT2D eigenvalue weighted by molar-refractivity contribution is -0.126. The molecule has 1 aliphatic rings. The zero-order chi connectivity index (χ0) is 10.8. The lowest BCUT2D eigenvalue weighted by Crippen LogP contribution is -2.24. The van der Waals surface area contributed by atoms with Gasteiger partial charge in [0.15, 0.2) is 0 Å². The van der Waals surface area contributed by atoms with Crippen molar-refractivity contribution in [3.63, 3.8) is 0 Å². The molecule has 2 unspecified atom stereocenters. The number of amides is 2. The van der Waals surface area contributed by atoms with Gasteiger partial charge in [-0.05, 0) is 11.5 Å². The van der Waals surface area contributed by atoms with Crippen LogP contribution in [-0.4, -0.2) is 11.8 Å². The third kappa shape index (κ3) is 1.91.